The molecule has 3 aromatic rings. The Morgan fingerprint density at radius 1 is 1.22 bits per heavy atom. The molecule has 0 amide bonds. The minimum atomic E-state index is 0.336. The molecular formula is C21H27N5S. The molecule has 6 heteroatoms. The Bertz CT molecular complexity index is 849. The monoisotopic (exact) mass is 381 g/mol. The Balaban J connectivity index is 1.44. The molecule has 0 spiro atoms. The van der Waals surface area contributed by atoms with Gasteiger partial charge in [0.25, 0.3) is 0 Å². The number of benzene rings is 1. The van der Waals surface area contributed by atoms with Crippen LogP contribution in [0, 0.1) is 6.92 Å². The summed E-state index contributed by atoms with van der Waals surface area (Å²) in [7, 11) is 1.82. The second kappa shape index (κ2) is 9.37. The molecule has 5 nitrogen and oxygen atoms in total. The molecule has 3 rings (SSSR count). The number of guanidine groups is 1. The standard InChI is InChI=1S/C21H27N5S/c1-16(15-20-10-5-17(2)27-20)25-21(22-3)23-13-11-18-6-8-19(9-7-18)26-14-4-12-24-26/h4-10,12,14,16H,11,13,15H2,1-3H3,(H2,22,23,25). The summed E-state index contributed by atoms with van der Waals surface area (Å²) in [4.78, 5) is 7.10. The minimum Gasteiger partial charge on any atom is -0.356 e. The highest BCUT2D eigenvalue weighted by Crippen LogP contribution is 2.16. The zero-order valence-corrected chi connectivity index (χ0v) is 17.0. The van der Waals surface area contributed by atoms with E-state index >= 15 is 0 Å². The summed E-state index contributed by atoms with van der Waals surface area (Å²) in [5.74, 6) is 0.851. The summed E-state index contributed by atoms with van der Waals surface area (Å²) in [5.41, 5.74) is 2.36. The first kappa shape index (κ1) is 19.2. The third kappa shape index (κ3) is 5.69. The van der Waals surface area contributed by atoms with Crippen LogP contribution in [0.25, 0.3) is 5.69 Å². The highest BCUT2D eigenvalue weighted by atomic mass is 32.1. The van der Waals surface area contributed by atoms with Crippen LogP contribution in [-0.2, 0) is 12.8 Å². The van der Waals surface area contributed by atoms with Gasteiger partial charge in [-0.05, 0) is 56.2 Å². The van der Waals surface area contributed by atoms with E-state index in [1.54, 1.807) is 6.20 Å². The van der Waals surface area contributed by atoms with Crippen LogP contribution in [0.2, 0.25) is 0 Å². The van der Waals surface area contributed by atoms with Gasteiger partial charge >= 0.3 is 0 Å². The first-order valence-corrected chi connectivity index (χ1v) is 10.1. The van der Waals surface area contributed by atoms with E-state index in [1.165, 1.54) is 15.3 Å². The van der Waals surface area contributed by atoms with Gasteiger partial charge in [-0.3, -0.25) is 4.99 Å². The lowest BCUT2D eigenvalue weighted by Gasteiger charge is -2.17. The van der Waals surface area contributed by atoms with E-state index < -0.39 is 0 Å². The molecule has 0 aliphatic heterocycles. The molecule has 2 N–H and O–H groups in total. The fraction of sp³-hybridized carbons (Fsp3) is 0.333. The number of rotatable bonds is 7. The van der Waals surface area contributed by atoms with E-state index in [0.717, 1.165) is 31.0 Å². The molecule has 0 fully saturated rings. The van der Waals surface area contributed by atoms with Crippen molar-refractivity contribution in [3.8, 4) is 5.69 Å². The van der Waals surface area contributed by atoms with Crippen LogP contribution in [0.1, 0.15) is 22.2 Å². The van der Waals surface area contributed by atoms with Crippen molar-refractivity contribution in [2.45, 2.75) is 32.7 Å². The molecule has 0 aliphatic carbocycles. The molecule has 27 heavy (non-hydrogen) atoms. The summed E-state index contributed by atoms with van der Waals surface area (Å²) < 4.78 is 1.87. The van der Waals surface area contributed by atoms with Gasteiger partial charge in [0, 0.05) is 48.2 Å². The summed E-state index contributed by atoms with van der Waals surface area (Å²) >= 11 is 1.86. The highest BCUT2D eigenvalue weighted by molar-refractivity contribution is 7.11. The normalized spacial score (nSPS) is 12.8. The zero-order valence-electron chi connectivity index (χ0n) is 16.1. The number of hydrogen-bond acceptors (Lipinski definition) is 3. The van der Waals surface area contributed by atoms with Gasteiger partial charge in [-0.15, -0.1) is 11.3 Å². The SMILES string of the molecule is CN=C(NCCc1ccc(-n2cccn2)cc1)NC(C)Cc1ccc(C)s1. The van der Waals surface area contributed by atoms with E-state index in [0.29, 0.717) is 6.04 Å². The summed E-state index contributed by atoms with van der Waals surface area (Å²) in [6.45, 7) is 5.18. The van der Waals surface area contributed by atoms with Gasteiger partial charge in [0.2, 0.25) is 0 Å². The first-order valence-electron chi connectivity index (χ1n) is 9.25. The average molecular weight is 382 g/mol. The van der Waals surface area contributed by atoms with Gasteiger partial charge in [0.15, 0.2) is 5.96 Å². The molecular weight excluding hydrogens is 354 g/mol. The van der Waals surface area contributed by atoms with Gasteiger partial charge in [-0.25, -0.2) is 4.68 Å². The number of aryl methyl sites for hydroxylation is 1. The number of nitrogens with one attached hydrogen (secondary N) is 2. The number of aromatic nitrogens is 2. The first-order chi connectivity index (χ1) is 13.1. The van der Waals surface area contributed by atoms with Gasteiger partial charge in [-0.2, -0.15) is 5.10 Å². The van der Waals surface area contributed by atoms with E-state index in [2.05, 4.69) is 71.0 Å². The predicted molar refractivity (Wildman–Crippen MR) is 114 cm³/mol. The minimum absolute atomic E-state index is 0.336. The molecule has 2 heterocycles. The van der Waals surface area contributed by atoms with Crippen molar-refractivity contribution in [3.63, 3.8) is 0 Å². The van der Waals surface area contributed by atoms with Gasteiger partial charge in [-0.1, -0.05) is 12.1 Å². The smallest absolute Gasteiger partial charge is 0.191 e. The number of hydrogen-bond donors (Lipinski definition) is 2. The summed E-state index contributed by atoms with van der Waals surface area (Å²) in [5, 5.41) is 11.1. The van der Waals surface area contributed by atoms with Crippen molar-refractivity contribution in [3.05, 3.63) is 70.2 Å². The molecule has 0 radical (unpaired) electrons. The molecule has 2 aromatic heterocycles. The molecule has 1 aromatic carbocycles. The third-order valence-corrected chi connectivity index (χ3v) is 5.34. The quantitative estimate of drug-likeness (QED) is 0.486. The maximum absolute atomic E-state index is 4.34. The summed E-state index contributed by atoms with van der Waals surface area (Å²) in [6, 6.07) is 15.1. The van der Waals surface area contributed by atoms with E-state index in [-0.39, 0.29) is 0 Å². The molecule has 0 saturated carbocycles. The van der Waals surface area contributed by atoms with Crippen molar-refractivity contribution in [1.82, 2.24) is 20.4 Å². The van der Waals surface area contributed by atoms with Crippen LogP contribution in [0.4, 0.5) is 0 Å². The largest absolute Gasteiger partial charge is 0.356 e. The van der Waals surface area contributed by atoms with Crippen molar-refractivity contribution < 1.29 is 0 Å². The lowest BCUT2D eigenvalue weighted by atomic mass is 10.1. The topological polar surface area (TPSA) is 54.2 Å². The lowest BCUT2D eigenvalue weighted by Crippen LogP contribution is -2.43. The van der Waals surface area contributed by atoms with Crippen LogP contribution < -0.4 is 10.6 Å². The van der Waals surface area contributed by atoms with E-state index in [9.17, 15) is 0 Å². The molecule has 1 atom stereocenters. The maximum Gasteiger partial charge on any atom is 0.191 e. The Hall–Kier alpha value is -2.60. The highest BCUT2D eigenvalue weighted by Gasteiger charge is 2.07. The Morgan fingerprint density at radius 2 is 2.04 bits per heavy atom. The van der Waals surface area contributed by atoms with Crippen molar-refractivity contribution >= 4 is 17.3 Å². The van der Waals surface area contributed by atoms with Crippen molar-refractivity contribution in [2.75, 3.05) is 13.6 Å². The van der Waals surface area contributed by atoms with Gasteiger partial charge in [0.1, 0.15) is 0 Å². The lowest BCUT2D eigenvalue weighted by molar-refractivity contribution is 0.644. The van der Waals surface area contributed by atoms with Crippen LogP contribution in [0.15, 0.2) is 59.9 Å². The van der Waals surface area contributed by atoms with Crippen LogP contribution >= 0.6 is 11.3 Å². The van der Waals surface area contributed by atoms with E-state index in [4.69, 9.17) is 0 Å². The second-order valence-corrected chi connectivity index (χ2v) is 8.00. The Morgan fingerprint density at radius 3 is 2.67 bits per heavy atom. The number of thiophene rings is 1. The molecule has 0 aliphatic rings. The maximum atomic E-state index is 4.34. The fourth-order valence-electron chi connectivity index (χ4n) is 2.94. The zero-order chi connectivity index (χ0) is 19.1. The molecule has 142 valence electrons. The number of aliphatic imine (C=N–C) groups is 1. The van der Waals surface area contributed by atoms with Gasteiger partial charge < -0.3 is 10.6 Å². The van der Waals surface area contributed by atoms with Crippen LogP contribution in [0.3, 0.4) is 0 Å². The Kier molecular flexibility index (Phi) is 6.65. The van der Waals surface area contributed by atoms with Crippen LogP contribution in [-0.4, -0.2) is 35.4 Å². The molecule has 1 unspecified atom stereocenters. The van der Waals surface area contributed by atoms with Gasteiger partial charge in [0.05, 0.1) is 5.69 Å². The molecule has 0 saturated heterocycles. The third-order valence-electron chi connectivity index (χ3n) is 4.32. The van der Waals surface area contributed by atoms with E-state index in [1.807, 2.05) is 35.3 Å². The fourth-order valence-corrected chi connectivity index (χ4v) is 3.96. The average Bonchev–Trinajstić information content (AvgIpc) is 3.33. The van der Waals surface area contributed by atoms with Crippen molar-refractivity contribution in [1.29, 1.82) is 0 Å². The van der Waals surface area contributed by atoms with Crippen LogP contribution in [0.5, 0.6) is 0 Å². The Labute approximate surface area is 165 Å². The predicted octanol–water partition coefficient (Wildman–Crippen LogP) is 3.58. The van der Waals surface area contributed by atoms with Crippen molar-refractivity contribution in [2.24, 2.45) is 4.99 Å². The number of nitrogens with zero attached hydrogens (tertiary/aromatic N) is 3. The second-order valence-electron chi connectivity index (χ2n) is 6.63. The summed E-state index contributed by atoms with van der Waals surface area (Å²) in [6.07, 6.45) is 5.69. The molecule has 0 bridgehead atoms.